The number of nitrogens with zero attached hydrogens (tertiary/aromatic N) is 5. The second kappa shape index (κ2) is 8.03. The predicted molar refractivity (Wildman–Crippen MR) is 115 cm³/mol. The van der Waals surface area contributed by atoms with Crippen molar-refractivity contribution in [2.75, 3.05) is 6.54 Å². The van der Waals surface area contributed by atoms with E-state index >= 15 is 0 Å². The normalized spacial score (nSPS) is 13.6. The highest BCUT2D eigenvalue weighted by Crippen LogP contribution is 2.29. The van der Waals surface area contributed by atoms with Crippen molar-refractivity contribution >= 4 is 23.4 Å². The number of halogens is 4. The van der Waals surface area contributed by atoms with Crippen LogP contribution in [0.25, 0.3) is 28.1 Å². The Morgan fingerprint density at radius 1 is 1.09 bits per heavy atom. The summed E-state index contributed by atoms with van der Waals surface area (Å²) in [4.78, 5) is 17.4. The van der Waals surface area contributed by atoms with Crippen molar-refractivity contribution in [3.63, 3.8) is 0 Å². The summed E-state index contributed by atoms with van der Waals surface area (Å²) in [6.07, 6.45) is -2.11. The molecule has 0 amide bonds. The molecule has 4 aromatic rings. The van der Waals surface area contributed by atoms with Gasteiger partial charge in [0.15, 0.2) is 5.69 Å². The van der Waals surface area contributed by atoms with Gasteiger partial charge in [-0.1, -0.05) is 0 Å². The number of hydrogen-bond acceptors (Lipinski definition) is 5. The number of pyridine rings is 2. The van der Waals surface area contributed by atoms with Gasteiger partial charge in [0.05, 0.1) is 5.69 Å². The van der Waals surface area contributed by atoms with Gasteiger partial charge in [0, 0.05) is 55.5 Å². The summed E-state index contributed by atoms with van der Waals surface area (Å²) in [6, 6.07) is 8.70. The van der Waals surface area contributed by atoms with Crippen LogP contribution < -0.4 is 10.9 Å². The second-order valence-electron chi connectivity index (χ2n) is 7.38. The number of fused-ring (bicyclic) bond motifs is 3. The molecule has 166 valence electrons. The molecule has 0 aromatic carbocycles. The Morgan fingerprint density at radius 3 is 2.59 bits per heavy atom. The molecule has 1 aliphatic heterocycles. The maximum atomic E-state index is 12.7. The Balaban J connectivity index is 0.00000245. The van der Waals surface area contributed by atoms with Crippen LogP contribution in [0.1, 0.15) is 17.0 Å². The van der Waals surface area contributed by atoms with E-state index in [1.165, 1.54) is 34.2 Å². The van der Waals surface area contributed by atoms with Crippen LogP contribution >= 0.6 is 12.4 Å². The van der Waals surface area contributed by atoms with Crippen molar-refractivity contribution in [1.82, 2.24) is 29.6 Å². The van der Waals surface area contributed by atoms with E-state index in [1.807, 2.05) is 13.1 Å². The first-order valence-electron chi connectivity index (χ1n) is 9.65. The Bertz CT molecular complexity index is 1360. The number of rotatable bonds is 2. The van der Waals surface area contributed by atoms with Crippen molar-refractivity contribution in [3.05, 3.63) is 69.9 Å². The van der Waals surface area contributed by atoms with Gasteiger partial charge in [-0.15, -0.1) is 22.6 Å². The molecule has 0 aliphatic carbocycles. The highest BCUT2D eigenvalue weighted by Gasteiger charge is 2.32. The maximum Gasteiger partial charge on any atom is 0.435 e. The number of nitrogens with one attached hydrogen (secondary N) is 1. The quantitative estimate of drug-likeness (QED) is 0.495. The third-order valence-electron chi connectivity index (χ3n) is 5.51. The highest BCUT2D eigenvalue weighted by atomic mass is 35.5. The molecule has 32 heavy (non-hydrogen) atoms. The van der Waals surface area contributed by atoms with Gasteiger partial charge < -0.3 is 9.88 Å². The summed E-state index contributed by atoms with van der Waals surface area (Å²) in [5.74, 6) is 0.466. The van der Waals surface area contributed by atoms with E-state index in [0.29, 0.717) is 11.4 Å². The van der Waals surface area contributed by atoms with E-state index in [1.54, 1.807) is 12.1 Å². The summed E-state index contributed by atoms with van der Waals surface area (Å²) in [5.41, 5.74) is 2.38. The van der Waals surface area contributed by atoms with E-state index in [2.05, 4.69) is 20.1 Å². The molecule has 5 rings (SSSR count). The summed E-state index contributed by atoms with van der Waals surface area (Å²) in [5, 5.41) is 11.2. The van der Waals surface area contributed by atoms with Crippen molar-refractivity contribution < 1.29 is 13.2 Å². The molecular formula is C21H18ClF3N6O. The van der Waals surface area contributed by atoms with E-state index < -0.39 is 11.9 Å². The Kier molecular flexibility index (Phi) is 5.51. The molecule has 1 N–H and O–H groups in total. The minimum atomic E-state index is -4.56. The van der Waals surface area contributed by atoms with Crippen LogP contribution in [0.5, 0.6) is 0 Å². The monoisotopic (exact) mass is 462 g/mol. The molecule has 4 aromatic heterocycles. The molecule has 0 bridgehead atoms. The fourth-order valence-corrected chi connectivity index (χ4v) is 3.95. The number of aromatic nitrogens is 5. The molecule has 0 fully saturated rings. The molecule has 11 heteroatoms. The Hall–Kier alpha value is -3.24. The highest BCUT2D eigenvalue weighted by molar-refractivity contribution is 5.85. The van der Waals surface area contributed by atoms with E-state index in [4.69, 9.17) is 4.98 Å². The van der Waals surface area contributed by atoms with Crippen molar-refractivity contribution in [1.29, 1.82) is 0 Å². The molecule has 0 atom stereocenters. The third kappa shape index (κ3) is 3.65. The fraction of sp³-hybridized carbons (Fsp3) is 0.238. The Morgan fingerprint density at radius 2 is 1.91 bits per heavy atom. The van der Waals surface area contributed by atoms with Crippen LogP contribution in [0.15, 0.2) is 47.4 Å². The number of alkyl halides is 3. The van der Waals surface area contributed by atoms with Gasteiger partial charge in [-0.2, -0.15) is 13.2 Å². The molecule has 5 heterocycles. The van der Waals surface area contributed by atoms with Gasteiger partial charge in [-0.3, -0.25) is 9.36 Å². The third-order valence-corrected chi connectivity index (χ3v) is 5.51. The van der Waals surface area contributed by atoms with Gasteiger partial charge in [0.1, 0.15) is 11.5 Å². The minimum absolute atomic E-state index is 0. The van der Waals surface area contributed by atoms with Crippen molar-refractivity contribution in [3.8, 4) is 17.1 Å². The lowest BCUT2D eigenvalue weighted by Gasteiger charge is -2.14. The first kappa shape index (κ1) is 22.0. The van der Waals surface area contributed by atoms with Gasteiger partial charge in [0.2, 0.25) is 0 Å². The molecule has 0 spiro atoms. The molecule has 0 unspecified atom stereocenters. The average molecular weight is 463 g/mol. The zero-order chi connectivity index (χ0) is 21.8. The Labute approximate surface area is 186 Å². The standard InChI is InChI=1S/C21H17F3N6O.ClH/c1-29-16-6-8-25-11-14(16)13-2-5-18(26-20(13)29)30-9-7-12(10-19(30)31)15-3-4-17(28-27-15)21(22,23)24;/h2-5,7,9-10,25H,6,8,11H2,1H3;1H. The SMILES string of the molecule is Cl.Cn1c2c(c3ccc(-n4ccc(-c5ccc(C(F)(F)F)nn5)cc4=O)nc31)CNCC2. The molecule has 0 saturated heterocycles. The topological polar surface area (TPSA) is 77.6 Å². The lowest BCUT2D eigenvalue weighted by atomic mass is 10.1. The molecule has 0 saturated carbocycles. The first-order chi connectivity index (χ1) is 14.8. The summed E-state index contributed by atoms with van der Waals surface area (Å²) in [7, 11) is 1.97. The average Bonchev–Trinajstić information content (AvgIpc) is 3.05. The van der Waals surface area contributed by atoms with Crippen LogP contribution in [0.2, 0.25) is 0 Å². The van der Waals surface area contributed by atoms with Crippen LogP contribution in [-0.2, 0) is 26.2 Å². The fourth-order valence-electron chi connectivity index (χ4n) is 3.95. The van der Waals surface area contributed by atoms with Gasteiger partial charge in [-0.05, 0) is 35.9 Å². The largest absolute Gasteiger partial charge is 0.435 e. The van der Waals surface area contributed by atoms with Gasteiger partial charge in [-0.25, -0.2) is 4.98 Å². The molecule has 7 nitrogen and oxygen atoms in total. The van der Waals surface area contributed by atoms with Gasteiger partial charge in [0.25, 0.3) is 5.56 Å². The van der Waals surface area contributed by atoms with Crippen LogP contribution in [0, 0.1) is 0 Å². The number of aryl methyl sites for hydroxylation is 1. The summed E-state index contributed by atoms with van der Waals surface area (Å²) in [6.45, 7) is 1.70. The lowest BCUT2D eigenvalue weighted by molar-refractivity contribution is -0.141. The molecule has 1 aliphatic rings. The van der Waals surface area contributed by atoms with E-state index in [0.717, 1.165) is 36.6 Å². The van der Waals surface area contributed by atoms with Crippen molar-refractivity contribution in [2.24, 2.45) is 7.05 Å². The lowest BCUT2D eigenvalue weighted by Crippen LogP contribution is -2.24. The van der Waals surface area contributed by atoms with E-state index in [-0.39, 0.29) is 23.7 Å². The minimum Gasteiger partial charge on any atom is -0.332 e. The van der Waals surface area contributed by atoms with Crippen molar-refractivity contribution in [2.45, 2.75) is 19.1 Å². The predicted octanol–water partition coefficient (Wildman–Crippen LogP) is 3.27. The number of hydrogen-bond donors (Lipinski definition) is 1. The van der Waals surface area contributed by atoms with E-state index in [9.17, 15) is 18.0 Å². The van der Waals surface area contributed by atoms with Crippen LogP contribution in [0.4, 0.5) is 13.2 Å². The summed E-state index contributed by atoms with van der Waals surface area (Å²) >= 11 is 0. The van der Waals surface area contributed by atoms with Crippen LogP contribution in [0.3, 0.4) is 0 Å². The molecule has 0 radical (unpaired) electrons. The zero-order valence-corrected chi connectivity index (χ0v) is 17.7. The molecular weight excluding hydrogens is 445 g/mol. The smallest absolute Gasteiger partial charge is 0.332 e. The zero-order valence-electron chi connectivity index (χ0n) is 16.8. The van der Waals surface area contributed by atoms with Crippen LogP contribution in [-0.4, -0.2) is 30.9 Å². The maximum absolute atomic E-state index is 12.7. The second-order valence-corrected chi connectivity index (χ2v) is 7.38. The summed E-state index contributed by atoms with van der Waals surface area (Å²) < 4.78 is 41.5. The first-order valence-corrected chi connectivity index (χ1v) is 9.65. The van der Waals surface area contributed by atoms with Gasteiger partial charge >= 0.3 is 6.18 Å².